The molecule has 0 amide bonds. The SMILES string of the molecule is C=C(CCCC1C=CC(O)CC1)[Si](OCC)(OCC)OCC. The Morgan fingerprint density at radius 1 is 1.09 bits per heavy atom. The fourth-order valence-corrected chi connectivity index (χ4v) is 5.32. The predicted octanol–water partition coefficient (Wildman–Crippen LogP) is 3.63. The summed E-state index contributed by atoms with van der Waals surface area (Å²) in [6.07, 6.45) is 8.78. The van der Waals surface area contributed by atoms with Gasteiger partial charge < -0.3 is 18.4 Å². The van der Waals surface area contributed by atoms with Gasteiger partial charge >= 0.3 is 8.80 Å². The van der Waals surface area contributed by atoms with Gasteiger partial charge in [0.1, 0.15) is 0 Å². The smallest absolute Gasteiger partial charge is 0.389 e. The Kier molecular flexibility index (Phi) is 9.20. The van der Waals surface area contributed by atoms with Crippen LogP contribution in [0.3, 0.4) is 0 Å². The van der Waals surface area contributed by atoms with Crippen LogP contribution in [0.5, 0.6) is 0 Å². The van der Waals surface area contributed by atoms with E-state index in [1.807, 2.05) is 26.8 Å². The van der Waals surface area contributed by atoms with E-state index in [2.05, 4.69) is 12.7 Å². The Labute approximate surface area is 136 Å². The minimum atomic E-state index is -2.75. The third-order valence-corrected chi connectivity index (χ3v) is 7.05. The highest BCUT2D eigenvalue weighted by molar-refractivity contribution is 6.68. The summed E-state index contributed by atoms with van der Waals surface area (Å²) in [6.45, 7) is 11.8. The molecule has 0 aromatic rings. The van der Waals surface area contributed by atoms with Crippen molar-refractivity contribution in [1.82, 2.24) is 0 Å². The van der Waals surface area contributed by atoms with E-state index in [-0.39, 0.29) is 6.10 Å². The second kappa shape index (κ2) is 10.3. The molecule has 128 valence electrons. The fraction of sp³-hybridized carbons (Fsp3) is 0.765. The molecular formula is C17H32O4Si. The minimum Gasteiger partial charge on any atom is -0.389 e. The second-order valence-corrected chi connectivity index (χ2v) is 8.33. The maximum absolute atomic E-state index is 9.48. The third kappa shape index (κ3) is 5.97. The standard InChI is InChI=1S/C17H32O4Si/c1-5-19-22(20-6-2,21-7-3)15(4)9-8-10-16-11-13-17(18)14-12-16/h11,13,16-18H,4-10,12,14H2,1-3H3. The van der Waals surface area contributed by atoms with Crippen LogP contribution < -0.4 is 0 Å². The fourth-order valence-electron chi connectivity index (χ4n) is 2.84. The Morgan fingerprint density at radius 2 is 1.68 bits per heavy atom. The van der Waals surface area contributed by atoms with E-state index in [0.717, 1.165) is 37.3 Å². The number of aliphatic hydroxyl groups is 1. The van der Waals surface area contributed by atoms with E-state index >= 15 is 0 Å². The molecule has 0 aromatic carbocycles. The van der Waals surface area contributed by atoms with Crippen LogP contribution in [0.15, 0.2) is 23.9 Å². The Hall–Kier alpha value is -0.463. The molecule has 0 heterocycles. The molecule has 0 spiro atoms. The van der Waals surface area contributed by atoms with Crippen LogP contribution in [0.1, 0.15) is 52.9 Å². The molecule has 0 radical (unpaired) electrons. The molecule has 0 saturated heterocycles. The second-order valence-electron chi connectivity index (χ2n) is 5.64. The molecule has 5 heteroatoms. The number of allylic oxidation sites excluding steroid dienone is 2. The van der Waals surface area contributed by atoms with Crippen LogP contribution in [0.4, 0.5) is 0 Å². The Bertz CT molecular complexity index is 340. The Balaban J connectivity index is 2.50. The van der Waals surface area contributed by atoms with Gasteiger partial charge in [-0.25, -0.2) is 0 Å². The van der Waals surface area contributed by atoms with Crippen molar-refractivity contribution in [3.8, 4) is 0 Å². The third-order valence-electron chi connectivity index (χ3n) is 3.93. The summed E-state index contributed by atoms with van der Waals surface area (Å²) in [5.41, 5.74) is 0. The first kappa shape index (κ1) is 19.6. The molecule has 4 nitrogen and oxygen atoms in total. The average Bonchev–Trinajstić information content (AvgIpc) is 2.50. The van der Waals surface area contributed by atoms with Crippen LogP contribution in [-0.2, 0) is 13.3 Å². The van der Waals surface area contributed by atoms with Gasteiger partial charge in [0.15, 0.2) is 0 Å². The summed E-state index contributed by atoms with van der Waals surface area (Å²) in [6, 6.07) is 0. The molecule has 0 aliphatic heterocycles. The van der Waals surface area contributed by atoms with Gasteiger partial charge in [-0.05, 0) is 64.0 Å². The molecule has 1 aliphatic carbocycles. The van der Waals surface area contributed by atoms with Gasteiger partial charge in [0.25, 0.3) is 0 Å². The van der Waals surface area contributed by atoms with Crippen LogP contribution in [-0.4, -0.2) is 39.8 Å². The molecule has 1 rings (SSSR count). The summed E-state index contributed by atoms with van der Waals surface area (Å²) in [5, 5.41) is 10.5. The zero-order chi connectivity index (χ0) is 16.4. The van der Waals surface area contributed by atoms with E-state index in [1.165, 1.54) is 0 Å². The number of aliphatic hydroxyl groups excluding tert-OH is 1. The quantitative estimate of drug-likeness (QED) is 0.465. The van der Waals surface area contributed by atoms with Crippen molar-refractivity contribution in [2.24, 2.45) is 5.92 Å². The highest BCUT2D eigenvalue weighted by atomic mass is 28.4. The summed E-state index contributed by atoms with van der Waals surface area (Å²) < 4.78 is 17.6. The van der Waals surface area contributed by atoms with E-state index in [1.54, 1.807) is 0 Å². The van der Waals surface area contributed by atoms with Crippen LogP contribution in [0.2, 0.25) is 0 Å². The number of hydrogen-bond donors (Lipinski definition) is 1. The largest absolute Gasteiger partial charge is 0.532 e. The van der Waals surface area contributed by atoms with E-state index in [4.69, 9.17) is 13.3 Å². The van der Waals surface area contributed by atoms with Gasteiger partial charge in [0.05, 0.1) is 6.10 Å². The van der Waals surface area contributed by atoms with Crippen molar-refractivity contribution < 1.29 is 18.4 Å². The highest BCUT2D eigenvalue weighted by Crippen LogP contribution is 2.27. The molecule has 0 fully saturated rings. The maximum atomic E-state index is 9.48. The summed E-state index contributed by atoms with van der Waals surface area (Å²) in [7, 11) is -2.75. The molecule has 0 aromatic heterocycles. The monoisotopic (exact) mass is 328 g/mol. The van der Waals surface area contributed by atoms with Crippen molar-refractivity contribution in [2.75, 3.05) is 19.8 Å². The minimum absolute atomic E-state index is 0.250. The average molecular weight is 329 g/mol. The lowest BCUT2D eigenvalue weighted by Gasteiger charge is -2.30. The maximum Gasteiger partial charge on any atom is 0.532 e. The normalized spacial score (nSPS) is 22.0. The molecule has 1 N–H and O–H groups in total. The number of hydrogen-bond acceptors (Lipinski definition) is 4. The molecule has 2 unspecified atom stereocenters. The van der Waals surface area contributed by atoms with E-state index in [0.29, 0.717) is 25.7 Å². The first-order chi connectivity index (χ1) is 10.6. The van der Waals surface area contributed by atoms with Gasteiger partial charge in [-0.1, -0.05) is 18.7 Å². The molecule has 0 bridgehead atoms. The van der Waals surface area contributed by atoms with Gasteiger partial charge in [-0.3, -0.25) is 0 Å². The topological polar surface area (TPSA) is 47.9 Å². The summed E-state index contributed by atoms with van der Waals surface area (Å²) in [5.74, 6) is 0.568. The zero-order valence-corrected chi connectivity index (χ0v) is 15.3. The van der Waals surface area contributed by atoms with Gasteiger partial charge in [0.2, 0.25) is 0 Å². The van der Waals surface area contributed by atoms with Crippen molar-refractivity contribution in [2.45, 2.75) is 59.0 Å². The van der Waals surface area contributed by atoms with Gasteiger partial charge in [0, 0.05) is 19.8 Å². The zero-order valence-electron chi connectivity index (χ0n) is 14.3. The van der Waals surface area contributed by atoms with E-state index < -0.39 is 8.80 Å². The van der Waals surface area contributed by atoms with Crippen LogP contribution in [0.25, 0.3) is 0 Å². The van der Waals surface area contributed by atoms with Crippen molar-refractivity contribution in [3.63, 3.8) is 0 Å². The molecular weight excluding hydrogens is 296 g/mol. The molecule has 22 heavy (non-hydrogen) atoms. The van der Waals surface area contributed by atoms with Gasteiger partial charge in [-0.2, -0.15) is 0 Å². The van der Waals surface area contributed by atoms with Crippen molar-refractivity contribution >= 4 is 8.80 Å². The van der Waals surface area contributed by atoms with Gasteiger partial charge in [-0.15, -0.1) is 0 Å². The lowest BCUT2D eigenvalue weighted by Crippen LogP contribution is -2.48. The lowest BCUT2D eigenvalue weighted by atomic mass is 9.90. The molecule has 2 atom stereocenters. The lowest BCUT2D eigenvalue weighted by molar-refractivity contribution is 0.0798. The summed E-state index contributed by atoms with van der Waals surface area (Å²) in [4.78, 5) is 0. The number of rotatable bonds is 11. The molecule has 0 saturated carbocycles. The Morgan fingerprint density at radius 3 is 2.14 bits per heavy atom. The summed E-state index contributed by atoms with van der Waals surface area (Å²) >= 11 is 0. The van der Waals surface area contributed by atoms with Crippen LogP contribution in [0, 0.1) is 5.92 Å². The van der Waals surface area contributed by atoms with E-state index in [9.17, 15) is 5.11 Å². The first-order valence-electron chi connectivity index (χ1n) is 8.54. The van der Waals surface area contributed by atoms with Crippen LogP contribution >= 0.6 is 0 Å². The van der Waals surface area contributed by atoms with Crippen molar-refractivity contribution in [3.05, 3.63) is 23.9 Å². The van der Waals surface area contributed by atoms with Crippen molar-refractivity contribution in [1.29, 1.82) is 0 Å². The molecule has 1 aliphatic rings. The predicted molar refractivity (Wildman–Crippen MR) is 91.5 cm³/mol. The highest BCUT2D eigenvalue weighted by Gasteiger charge is 2.43. The first-order valence-corrected chi connectivity index (χ1v) is 10.3.